The van der Waals surface area contributed by atoms with Crippen LogP contribution in [0.2, 0.25) is 0 Å². The van der Waals surface area contributed by atoms with E-state index in [2.05, 4.69) is 4.90 Å². The molecule has 0 radical (unpaired) electrons. The molecule has 4 rings (SSSR count). The lowest BCUT2D eigenvalue weighted by Crippen LogP contribution is -2.38. The maximum Gasteiger partial charge on any atom is 0.243 e. The molecular formula is C26H30N2O5S2. The first-order chi connectivity index (χ1) is 16.6. The standard InChI is InChI=1S/C26H30N2O5S2/c1-27(35(31,32)25-14-12-24(13-15-25)34(2,29)30)23-16-17-28(19-23)18-22-10-6-7-11-26(22)33-20-21-8-4-3-5-9-21/h3-15,23H,16-20H2,1-2H3. The second-order valence-electron chi connectivity index (χ2n) is 8.82. The third-order valence-electron chi connectivity index (χ3n) is 6.29. The van der Waals surface area contributed by atoms with Gasteiger partial charge in [0.05, 0.1) is 9.79 Å². The molecule has 0 bridgehead atoms. The zero-order valence-electron chi connectivity index (χ0n) is 19.9. The third kappa shape index (κ3) is 6.10. The topological polar surface area (TPSA) is 84.0 Å². The summed E-state index contributed by atoms with van der Waals surface area (Å²) in [5.41, 5.74) is 2.16. The molecule has 0 aromatic heterocycles. The summed E-state index contributed by atoms with van der Waals surface area (Å²) < 4.78 is 57.2. The van der Waals surface area contributed by atoms with E-state index in [1.807, 2.05) is 54.6 Å². The maximum atomic E-state index is 13.2. The van der Waals surface area contributed by atoms with Gasteiger partial charge in [0, 0.05) is 44.5 Å². The van der Waals surface area contributed by atoms with E-state index in [1.54, 1.807) is 7.05 Å². The Kier molecular flexibility index (Phi) is 7.61. The molecule has 0 spiro atoms. The molecule has 1 unspecified atom stereocenters. The normalized spacial score (nSPS) is 17.1. The maximum absolute atomic E-state index is 13.2. The molecule has 35 heavy (non-hydrogen) atoms. The average Bonchev–Trinajstić information content (AvgIpc) is 3.31. The highest BCUT2D eigenvalue weighted by atomic mass is 32.2. The van der Waals surface area contributed by atoms with Crippen LogP contribution in [0.15, 0.2) is 88.7 Å². The van der Waals surface area contributed by atoms with E-state index in [9.17, 15) is 16.8 Å². The van der Waals surface area contributed by atoms with Crippen LogP contribution in [0.5, 0.6) is 5.75 Å². The van der Waals surface area contributed by atoms with Gasteiger partial charge in [-0.05, 0) is 42.3 Å². The fourth-order valence-electron chi connectivity index (χ4n) is 4.23. The number of sulfonamides is 1. The Morgan fingerprint density at radius 2 is 1.51 bits per heavy atom. The Hall–Kier alpha value is -2.72. The van der Waals surface area contributed by atoms with Gasteiger partial charge >= 0.3 is 0 Å². The molecule has 3 aromatic rings. The summed E-state index contributed by atoms with van der Waals surface area (Å²) in [5, 5.41) is 0. The van der Waals surface area contributed by atoms with Gasteiger partial charge in [0.2, 0.25) is 10.0 Å². The first-order valence-corrected chi connectivity index (χ1v) is 14.7. The minimum absolute atomic E-state index is 0.0884. The highest BCUT2D eigenvalue weighted by Gasteiger charge is 2.33. The zero-order valence-corrected chi connectivity index (χ0v) is 21.5. The van der Waals surface area contributed by atoms with Crippen molar-refractivity contribution in [3.05, 3.63) is 90.0 Å². The van der Waals surface area contributed by atoms with E-state index in [4.69, 9.17) is 4.74 Å². The lowest BCUT2D eigenvalue weighted by Gasteiger charge is -2.25. The largest absolute Gasteiger partial charge is 0.489 e. The van der Waals surface area contributed by atoms with Crippen molar-refractivity contribution >= 4 is 19.9 Å². The van der Waals surface area contributed by atoms with Gasteiger partial charge in [0.25, 0.3) is 0 Å². The monoisotopic (exact) mass is 514 g/mol. The zero-order chi connectivity index (χ0) is 25.1. The van der Waals surface area contributed by atoms with Crippen molar-refractivity contribution in [1.82, 2.24) is 9.21 Å². The van der Waals surface area contributed by atoms with Crippen LogP contribution >= 0.6 is 0 Å². The summed E-state index contributed by atoms with van der Waals surface area (Å²) in [6.45, 7) is 2.52. The van der Waals surface area contributed by atoms with Crippen LogP contribution in [-0.4, -0.2) is 58.5 Å². The smallest absolute Gasteiger partial charge is 0.243 e. The van der Waals surface area contributed by atoms with Gasteiger partial charge < -0.3 is 4.74 Å². The van der Waals surface area contributed by atoms with Crippen molar-refractivity contribution < 1.29 is 21.6 Å². The minimum Gasteiger partial charge on any atom is -0.489 e. The molecule has 1 heterocycles. The van der Waals surface area contributed by atoms with Gasteiger partial charge in [0.1, 0.15) is 12.4 Å². The quantitative estimate of drug-likeness (QED) is 0.434. The second kappa shape index (κ2) is 10.5. The number of likely N-dealkylation sites (N-methyl/N-ethyl adjacent to an activating group) is 1. The van der Waals surface area contributed by atoms with Crippen molar-refractivity contribution in [1.29, 1.82) is 0 Å². The third-order valence-corrected chi connectivity index (χ3v) is 9.35. The molecule has 9 heteroatoms. The Balaban J connectivity index is 1.40. The van der Waals surface area contributed by atoms with Crippen molar-refractivity contribution in [3.63, 3.8) is 0 Å². The lowest BCUT2D eigenvalue weighted by atomic mass is 10.2. The number of likely N-dealkylation sites (tertiary alicyclic amines) is 1. The molecule has 7 nitrogen and oxygen atoms in total. The van der Waals surface area contributed by atoms with Crippen LogP contribution in [0.3, 0.4) is 0 Å². The minimum atomic E-state index is -3.74. The number of para-hydroxylation sites is 1. The number of benzene rings is 3. The number of hydrogen-bond donors (Lipinski definition) is 0. The van der Waals surface area contributed by atoms with Gasteiger partial charge in [-0.15, -0.1) is 0 Å². The van der Waals surface area contributed by atoms with Crippen LogP contribution in [-0.2, 0) is 33.0 Å². The summed E-state index contributed by atoms with van der Waals surface area (Å²) in [6.07, 6.45) is 1.81. The van der Waals surface area contributed by atoms with Crippen LogP contribution < -0.4 is 4.74 Å². The van der Waals surface area contributed by atoms with Crippen LogP contribution in [0.4, 0.5) is 0 Å². The molecule has 0 aliphatic carbocycles. The average molecular weight is 515 g/mol. The molecule has 1 saturated heterocycles. The fourth-order valence-corrected chi connectivity index (χ4v) is 6.23. The van der Waals surface area contributed by atoms with E-state index >= 15 is 0 Å². The van der Waals surface area contributed by atoms with E-state index < -0.39 is 19.9 Å². The van der Waals surface area contributed by atoms with E-state index in [0.717, 1.165) is 29.7 Å². The molecule has 1 atom stereocenters. The summed E-state index contributed by atoms with van der Waals surface area (Å²) in [5.74, 6) is 0.826. The molecule has 0 N–H and O–H groups in total. The summed E-state index contributed by atoms with van der Waals surface area (Å²) in [6, 6.07) is 23.1. The van der Waals surface area contributed by atoms with E-state index in [1.165, 1.54) is 28.6 Å². The van der Waals surface area contributed by atoms with Gasteiger partial charge in [-0.1, -0.05) is 48.5 Å². The van der Waals surface area contributed by atoms with Crippen molar-refractivity contribution in [2.24, 2.45) is 0 Å². The molecule has 0 saturated carbocycles. The predicted octanol–water partition coefficient (Wildman–Crippen LogP) is 3.56. The van der Waals surface area contributed by atoms with Gasteiger partial charge in [0.15, 0.2) is 9.84 Å². The summed E-state index contributed by atoms with van der Waals surface area (Å²) in [4.78, 5) is 2.42. The summed E-state index contributed by atoms with van der Waals surface area (Å²) in [7, 11) is -5.54. The predicted molar refractivity (Wildman–Crippen MR) is 135 cm³/mol. The Bertz CT molecular complexity index is 1360. The first-order valence-electron chi connectivity index (χ1n) is 11.4. The van der Waals surface area contributed by atoms with Gasteiger partial charge in [-0.3, -0.25) is 4.90 Å². The van der Waals surface area contributed by atoms with Gasteiger partial charge in [-0.25, -0.2) is 16.8 Å². The molecule has 1 fully saturated rings. The van der Waals surface area contributed by atoms with Crippen LogP contribution in [0.25, 0.3) is 0 Å². The number of ether oxygens (including phenoxy) is 1. The van der Waals surface area contributed by atoms with Crippen LogP contribution in [0, 0.1) is 0 Å². The SMILES string of the molecule is CN(C1CCN(Cc2ccccc2OCc2ccccc2)C1)S(=O)(=O)c1ccc(S(C)(=O)=O)cc1. The number of hydrogen-bond acceptors (Lipinski definition) is 6. The molecule has 3 aromatic carbocycles. The van der Waals surface area contributed by atoms with Gasteiger partial charge in [-0.2, -0.15) is 4.31 Å². The van der Waals surface area contributed by atoms with Crippen molar-refractivity contribution in [2.75, 3.05) is 26.4 Å². The lowest BCUT2D eigenvalue weighted by molar-refractivity contribution is 0.276. The number of rotatable bonds is 9. The molecule has 186 valence electrons. The Morgan fingerprint density at radius 1 is 0.886 bits per heavy atom. The highest BCUT2D eigenvalue weighted by molar-refractivity contribution is 7.90. The summed E-state index contributed by atoms with van der Waals surface area (Å²) >= 11 is 0. The van der Waals surface area contributed by atoms with Crippen LogP contribution in [0.1, 0.15) is 17.5 Å². The molecule has 0 amide bonds. The van der Waals surface area contributed by atoms with Crippen molar-refractivity contribution in [2.45, 2.75) is 35.4 Å². The number of nitrogens with zero attached hydrogens (tertiary/aromatic N) is 2. The first kappa shape index (κ1) is 25.4. The van der Waals surface area contributed by atoms with E-state index in [0.29, 0.717) is 26.1 Å². The van der Waals surface area contributed by atoms with E-state index in [-0.39, 0.29) is 15.8 Å². The second-order valence-corrected chi connectivity index (χ2v) is 12.8. The highest BCUT2D eigenvalue weighted by Crippen LogP contribution is 2.27. The fraction of sp³-hybridized carbons (Fsp3) is 0.308. The van der Waals surface area contributed by atoms with Crippen molar-refractivity contribution in [3.8, 4) is 5.75 Å². The number of sulfone groups is 1. The molecular weight excluding hydrogens is 484 g/mol. The molecule has 1 aliphatic rings. The Labute approximate surface area is 207 Å². The Morgan fingerprint density at radius 3 is 2.20 bits per heavy atom. The molecule has 1 aliphatic heterocycles.